The van der Waals surface area contributed by atoms with Crippen LogP contribution < -0.4 is 10.6 Å². The zero-order chi connectivity index (χ0) is 17.1. The highest BCUT2D eigenvalue weighted by Crippen LogP contribution is 2.21. The van der Waals surface area contributed by atoms with Crippen LogP contribution in [0.2, 0.25) is 0 Å². The second-order valence-electron chi connectivity index (χ2n) is 6.53. The molecule has 2 heterocycles. The number of hydrogen-bond donors (Lipinski definition) is 2. The van der Waals surface area contributed by atoms with Crippen LogP contribution in [0, 0.1) is 0 Å². The number of fused-ring (bicyclic) bond motifs is 1. The lowest BCUT2D eigenvalue weighted by molar-refractivity contribution is -0.128. The molecule has 2 atom stereocenters. The zero-order valence-electron chi connectivity index (χ0n) is 15.4. The van der Waals surface area contributed by atoms with Crippen LogP contribution in [0.25, 0.3) is 11.0 Å². The molecule has 1 fully saturated rings. The normalized spacial score (nSPS) is 19.7. The van der Waals surface area contributed by atoms with E-state index in [2.05, 4.69) is 35.1 Å². The number of nitrogens with one attached hydrogen (secondary N) is 2. The average molecular weight is 403 g/mol. The predicted molar refractivity (Wildman–Crippen MR) is 109 cm³/mol. The fourth-order valence-corrected chi connectivity index (χ4v) is 3.28. The van der Waals surface area contributed by atoms with E-state index < -0.39 is 0 Å². The van der Waals surface area contributed by atoms with Gasteiger partial charge in [0.15, 0.2) is 0 Å². The number of ether oxygens (including phenoxy) is 1. The third-order valence-electron chi connectivity index (χ3n) is 4.43. The van der Waals surface area contributed by atoms with Gasteiger partial charge in [0.1, 0.15) is 11.9 Å². The van der Waals surface area contributed by atoms with Crippen molar-refractivity contribution in [3.05, 3.63) is 30.1 Å². The highest BCUT2D eigenvalue weighted by molar-refractivity contribution is 5.85. The first kappa shape index (κ1) is 22.7. The fraction of sp³-hybridized carbons (Fsp3) is 0.556. The maximum absolute atomic E-state index is 12.3. The van der Waals surface area contributed by atoms with Crippen LogP contribution in [0.3, 0.4) is 0 Å². The SMILES string of the molecule is CC(C)n1c(CCNC(=O)[C@H]2NCCO[C@@H]2C)nc2ccccc21.Cl.Cl. The number of imidazole rings is 1. The van der Waals surface area contributed by atoms with E-state index in [9.17, 15) is 4.79 Å². The van der Waals surface area contributed by atoms with Gasteiger partial charge in [-0.15, -0.1) is 24.8 Å². The smallest absolute Gasteiger partial charge is 0.239 e. The minimum absolute atomic E-state index is 0. The van der Waals surface area contributed by atoms with Gasteiger partial charge in [-0.25, -0.2) is 4.98 Å². The molecule has 1 amide bonds. The number of nitrogens with zero attached hydrogens (tertiary/aromatic N) is 2. The first-order chi connectivity index (χ1) is 11.6. The summed E-state index contributed by atoms with van der Waals surface area (Å²) in [6, 6.07) is 8.21. The highest BCUT2D eigenvalue weighted by Gasteiger charge is 2.27. The van der Waals surface area contributed by atoms with Crippen LogP contribution in [-0.2, 0) is 16.0 Å². The van der Waals surface area contributed by atoms with Crippen molar-refractivity contribution in [1.29, 1.82) is 0 Å². The minimum atomic E-state index is -0.275. The molecule has 2 aromatic rings. The summed E-state index contributed by atoms with van der Waals surface area (Å²) in [6.07, 6.45) is 0.611. The second kappa shape index (κ2) is 10.1. The van der Waals surface area contributed by atoms with E-state index in [0.29, 0.717) is 32.2 Å². The molecule has 3 rings (SSSR count). The first-order valence-corrected chi connectivity index (χ1v) is 8.66. The molecule has 1 saturated heterocycles. The molecule has 1 aliphatic rings. The average Bonchev–Trinajstić information content (AvgIpc) is 2.93. The molecular weight excluding hydrogens is 375 g/mol. The standard InChI is InChI=1S/C18H26N4O2.2ClH/c1-12(2)22-15-7-5-4-6-14(15)21-16(22)8-9-20-18(23)17-13(3)24-11-10-19-17;;/h4-7,12-13,17,19H,8-11H2,1-3H3,(H,20,23);2*1H/t13-,17+;;/m1../s1. The predicted octanol–water partition coefficient (Wildman–Crippen LogP) is 2.50. The summed E-state index contributed by atoms with van der Waals surface area (Å²) in [5, 5.41) is 6.22. The van der Waals surface area contributed by atoms with Crippen molar-refractivity contribution >= 4 is 41.8 Å². The monoisotopic (exact) mass is 402 g/mol. The Labute approximate surface area is 166 Å². The van der Waals surface area contributed by atoms with Gasteiger partial charge in [0, 0.05) is 25.6 Å². The first-order valence-electron chi connectivity index (χ1n) is 8.66. The van der Waals surface area contributed by atoms with Crippen molar-refractivity contribution in [2.75, 3.05) is 19.7 Å². The Balaban J connectivity index is 0.00000169. The lowest BCUT2D eigenvalue weighted by Crippen LogP contribution is -2.55. The van der Waals surface area contributed by atoms with Gasteiger partial charge in [-0.3, -0.25) is 4.79 Å². The summed E-state index contributed by atoms with van der Waals surface area (Å²) in [5.74, 6) is 1.00. The Morgan fingerprint density at radius 2 is 2.12 bits per heavy atom. The number of aromatic nitrogens is 2. The number of morpholine rings is 1. The van der Waals surface area contributed by atoms with Crippen LogP contribution in [0.15, 0.2) is 24.3 Å². The summed E-state index contributed by atoms with van der Waals surface area (Å²) in [6.45, 7) is 8.17. The third kappa shape index (κ3) is 4.88. The number of amides is 1. The molecule has 26 heavy (non-hydrogen) atoms. The lowest BCUT2D eigenvalue weighted by atomic mass is 10.1. The quantitative estimate of drug-likeness (QED) is 0.805. The maximum Gasteiger partial charge on any atom is 0.239 e. The van der Waals surface area contributed by atoms with Gasteiger partial charge in [-0.2, -0.15) is 0 Å². The number of hydrogen-bond acceptors (Lipinski definition) is 4. The van der Waals surface area contributed by atoms with Crippen molar-refractivity contribution in [2.24, 2.45) is 0 Å². The number of rotatable bonds is 5. The van der Waals surface area contributed by atoms with E-state index >= 15 is 0 Å². The van der Waals surface area contributed by atoms with Crippen LogP contribution in [0.4, 0.5) is 0 Å². The van der Waals surface area contributed by atoms with E-state index in [-0.39, 0.29) is 42.9 Å². The Morgan fingerprint density at radius 3 is 2.81 bits per heavy atom. The Kier molecular flexibility index (Phi) is 8.83. The highest BCUT2D eigenvalue weighted by atomic mass is 35.5. The van der Waals surface area contributed by atoms with E-state index in [4.69, 9.17) is 9.72 Å². The van der Waals surface area contributed by atoms with E-state index in [1.807, 2.05) is 25.1 Å². The van der Waals surface area contributed by atoms with Crippen LogP contribution >= 0.6 is 24.8 Å². The van der Waals surface area contributed by atoms with E-state index in [0.717, 1.165) is 16.9 Å². The van der Waals surface area contributed by atoms with Gasteiger partial charge >= 0.3 is 0 Å². The molecule has 0 saturated carbocycles. The second-order valence-corrected chi connectivity index (χ2v) is 6.53. The maximum atomic E-state index is 12.3. The molecule has 0 bridgehead atoms. The molecule has 0 unspecified atom stereocenters. The summed E-state index contributed by atoms with van der Waals surface area (Å²) >= 11 is 0. The van der Waals surface area contributed by atoms with Crippen molar-refractivity contribution in [2.45, 2.75) is 45.4 Å². The van der Waals surface area contributed by atoms with Crippen molar-refractivity contribution in [3.63, 3.8) is 0 Å². The van der Waals surface area contributed by atoms with Crippen LogP contribution in [0.5, 0.6) is 0 Å². The van der Waals surface area contributed by atoms with Crippen LogP contribution in [-0.4, -0.2) is 47.3 Å². The van der Waals surface area contributed by atoms with Crippen LogP contribution in [0.1, 0.15) is 32.6 Å². The Hall–Kier alpha value is -1.34. The molecule has 1 aromatic heterocycles. The summed E-state index contributed by atoms with van der Waals surface area (Å²) in [5.41, 5.74) is 2.15. The molecule has 146 valence electrons. The summed E-state index contributed by atoms with van der Waals surface area (Å²) in [7, 11) is 0. The third-order valence-corrected chi connectivity index (χ3v) is 4.43. The van der Waals surface area contributed by atoms with E-state index in [1.54, 1.807) is 0 Å². The molecule has 1 aromatic carbocycles. The topological polar surface area (TPSA) is 68.2 Å². The molecule has 8 heteroatoms. The Bertz CT molecular complexity index is 720. The van der Waals surface area contributed by atoms with Crippen molar-refractivity contribution in [3.8, 4) is 0 Å². The van der Waals surface area contributed by atoms with E-state index in [1.165, 1.54) is 0 Å². The molecule has 2 N–H and O–H groups in total. The van der Waals surface area contributed by atoms with Gasteiger partial charge in [-0.05, 0) is 32.9 Å². The lowest BCUT2D eigenvalue weighted by Gasteiger charge is -2.29. The number of carbonyl (C=O) groups excluding carboxylic acids is 1. The number of halogens is 2. The van der Waals surface area contributed by atoms with Crippen molar-refractivity contribution in [1.82, 2.24) is 20.2 Å². The molecule has 0 aliphatic carbocycles. The number of carbonyl (C=O) groups is 1. The number of para-hydroxylation sites is 2. The molecular formula is C18H28Cl2N4O2. The summed E-state index contributed by atoms with van der Waals surface area (Å²) in [4.78, 5) is 17.0. The molecule has 0 spiro atoms. The molecule has 6 nitrogen and oxygen atoms in total. The van der Waals surface area contributed by atoms with Gasteiger partial charge in [0.2, 0.25) is 5.91 Å². The summed E-state index contributed by atoms with van der Waals surface area (Å²) < 4.78 is 7.77. The van der Waals surface area contributed by atoms with Gasteiger partial charge in [0.25, 0.3) is 0 Å². The van der Waals surface area contributed by atoms with Crippen molar-refractivity contribution < 1.29 is 9.53 Å². The minimum Gasteiger partial charge on any atom is -0.375 e. The zero-order valence-corrected chi connectivity index (χ0v) is 17.0. The molecule has 0 radical (unpaired) electrons. The fourth-order valence-electron chi connectivity index (χ4n) is 3.28. The number of benzene rings is 1. The largest absolute Gasteiger partial charge is 0.375 e. The van der Waals surface area contributed by atoms with Gasteiger partial charge in [-0.1, -0.05) is 12.1 Å². The molecule has 1 aliphatic heterocycles. The van der Waals surface area contributed by atoms with Gasteiger partial charge < -0.3 is 19.9 Å². The van der Waals surface area contributed by atoms with Gasteiger partial charge in [0.05, 0.1) is 23.7 Å². The Morgan fingerprint density at radius 1 is 1.38 bits per heavy atom.